The van der Waals surface area contributed by atoms with Gasteiger partial charge in [0.2, 0.25) is 0 Å². The molecule has 0 atom stereocenters. The van der Waals surface area contributed by atoms with Crippen LogP contribution in [0.25, 0.3) is 5.65 Å². The van der Waals surface area contributed by atoms with Crippen LogP contribution in [0.5, 0.6) is 0 Å². The fourth-order valence-corrected chi connectivity index (χ4v) is 1.57. The first-order valence-electron chi connectivity index (χ1n) is 5.06. The maximum absolute atomic E-state index is 11.2. The molecule has 0 aliphatic heterocycles. The minimum absolute atomic E-state index is 0.142. The lowest BCUT2D eigenvalue weighted by atomic mass is 10.3. The largest absolute Gasteiger partial charge is 0.476 e. The summed E-state index contributed by atoms with van der Waals surface area (Å²) >= 11 is 0. The van der Waals surface area contributed by atoms with Gasteiger partial charge in [-0.15, -0.1) is 0 Å². The van der Waals surface area contributed by atoms with Crippen molar-refractivity contribution in [1.82, 2.24) is 9.38 Å². The van der Waals surface area contributed by atoms with E-state index >= 15 is 0 Å². The molecular formula is C11H13N3O2. The van der Waals surface area contributed by atoms with Gasteiger partial charge in [0.25, 0.3) is 0 Å². The number of nitrogens with one attached hydrogen (secondary N) is 1. The summed E-state index contributed by atoms with van der Waals surface area (Å²) in [5.74, 6) is -0.574. The average molecular weight is 219 g/mol. The quantitative estimate of drug-likeness (QED) is 0.826. The molecule has 0 spiro atoms. The van der Waals surface area contributed by atoms with E-state index in [0.29, 0.717) is 11.5 Å². The third-order valence-electron chi connectivity index (χ3n) is 2.16. The summed E-state index contributed by atoms with van der Waals surface area (Å²) in [5.41, 5.74) is 0.798. The molecule has 5 heteroatoms. The summed E-state index contributed by atoms with van der Waals surface area (Å²) in [7, 11) is 0. The van der Waals surface area contributed by atoms with Crippen LogP contribution in [0.2, 0.25) is 0 Å². The topological polar surface area (TPSA) is 66.6 Å². The molecule has 0 aromatic carbocycles. The molecule has 84 valence electrons. The van der Waals surface area contributed by atoms with Gasteiger partial charge in [0.15, 0.2) is 11.5 Å². The molecule has 2 N–H and O–H groups in total. The lowest BCUT2D eigenvalue weighted by molar-refractivity contribution is 0.0690. The number of carboxylic acid groups (broad SMARTS) is 1. The maximum Gasteiger partial charge on any atom is 0.356 e. The summed E-state index contributed by atoms with van der Waals surface area (Å²) in [6.07, 6.45) is 1.69. The molecule has 0 bridgehead atoms. The summed E-state index contributed by atoms with van der Waals surface area (Å²) in [5, 5.41) is 12.2. The number of fused-ring (bicyclic) bond motifs is 1. The van der Waals surface area contributed by atoms with E-state index < -0.39 is 5.97 Å². The van der Waals surface area contributed by atoms with Crippen LogP contribution in [-0.4, -0.2) is 26.5 Å². The Morgan fingerprint density at radius 2 is 2.25 bits per heavy atom. The number of hydrogen-bond acceptors (Lipinski definition) is 3. The van der Waals surface area contributed by atoms with Gasteiger partial charge in [0.1, 0.15) is 5.65 Å². The molecule has 2 aromatic heterocycles. The number of carboxylic acids is 1. The number of aromatic nitrogens is 2. The van der Waals surface area contributed by atoms with Gasteiger partial charge >= 0.3 is 5.97 Å². The number of imidazole rings is 1. The summed E-state index contributed by atoms with van der Waals surface area (Å²) in [6, 6.07) is 5.52. The number of rotatable bonds is 3. The van der Waals surface area contributed by atoms with Crippen molar-refractivity contribution in [2.45, 2.75) is 19.9 Å². The second-order valence-electron chi connectivity index (χ2n) is 3.84. The predicted molar refractivity (Wildman–Crippen MR) is 60.9 cm³/mol. The molecule has 0 unspecified atom stereocenters. The van der Waals surface area contributed by atoms with E-state index in [1.165, 1.54) is 0 Å². The minimum Gasteiger partial charge on any atom is -0.476 e. The molecule has 2 rings (SSSR count). The van der Waals surface area contributed by atoms with E-state index in [9.17, 15) is 4.79 Å². The molecule has 0 aliphatic carbocycles. The second-order valence-corrected chi connectivity index (χ2v) is 3.84. The lowest BCUT2D eigenvalue weighted by Crippen LogP contribution is -2.14. The highest BCUT2D eigenvalue weighted by Crippen LogP contribution is 2.18. The molecule has 0 amide bonds. The van der Waals surface area contributed by atoms with Gasteiger partial charge in [-0.05, 0) is 26.0 Å². The van der Waals surface area contributed by atoms with Crippen molar-refractivity contribution in [3.05, 3.63) is 30.1 Å². The van der Waals surface area contributed by atoms with Crippen LogP contribution in [0.15, 0.2) is 24.4 Å². The van der Waals surface area contributed by atoms with Gasteiger partial charge in [-0.25, -0.2) is 9.78 Å². The SMILES string of the molecule is CC(C)Nc1nc2ccccn2c1C(=O)O. The van der Waals surface area contributed by atoms with E-state index in [1.807, 2.05) is 19.9 Å². The van der Waals surface area contributed by atoms with Crippen LogP contribution >= 0.6 is 0 Å². The summed E-state index contributed by atoms with van der Waals surface area (Å²) in [6.45, 7) is 3.88. The molecule has 2 heterocycles. The molecule has 0 aliphatic rings. The number of aromatic carboxylic acids is 1. The van der Waals surface area contributed by atoms with Crippen LogP contribution in [0.3, 0.4) is 0 Å². The van der Waals surface area contributed by atoms with Gasteiger partial charge in [-0.3, -0.25) is 4.40 Å². The van der Waals surface area contributed by atoms with Crippen molar-refractivity contribution >= 4 is 17.4 Å². The van der Waals surface area contributed by atoms with E-state index in [2.05, 4.69) is 10.3 Å². The molecule has 16 heavy (non-hydrogen) atoms. The van der Waals surface area contributed by atoms with E-state index in [-0.39, 0.29) is 11.7 Å². The molecule has 0 saturated heterocycles. The van der Waals surface area contributed by atoms with Crippen molar-refractivity contribution in [2.24, 2.45) is 0 Å². The Kier molecular flexibility index (Phi) is 2.52. The Labute approximate surface area is 92.7 Å². The molecule has 0 radical (unpaired) electrons. The monoisotopic (exact) mass is 219 g/mol. The van der Waals surface area contributed by atoms with Gasteiger partial charge in [0.05, 0.1) is 0 Å². The highest BCUT2D eigenvalue weighted by molar-refractivity contribution is 5.93. The summed E-state index contributed by atoms with van der Waals surface area (Å²) < 4.78 is 1.56. The fraction of sp³-hybridized carbons (Fsp3) is 0.273. The molecule has 0 fully saturated rings. The van der Waals surface area contributed by atoms with Crippen molar-refractivity contribution < 1.29 is 9.90 Å². The standard InChI is InChI=1S/C11H13N3O2/c1-7(2)12-10-9(11(15)16)14-6-4-3-5-8(14)13-10/h3-7,12H,1-2H3,(H,15,16). The van der Waals surface area contributed by atoms with Crippen molar-refractivity contribution in [3.8, 4) is 0 Å². The zero-order valence-corrected chi connectivity index (χ0v) is 9.14. The minimum atomic E-state index is -0.984. The highest BCUT2D eigenvalue weighted by Gasteiger charge is 2.18. The Morgan fingerprint density at radius 1 is 1.50 bits per heavy atom. The third-order valence-corrected chi connectivity index (χ3v) is 2.16. The first-order chi connectivity index (χ1) is 7.59. The van der Waals surface area contributed by atoms with Crippen molar-refractivity contribution in [1.29, 1.82) is 0 Å². The van der Waals surface area contributed by atoms with E-state index in [1.54, 1.807) is 22.7 Å². The van der Waals surface area contributed by atoms with Crippen LogP contribution in [0.4, 0.5) is 5.82 Å². The smallest absolute Gasteiger partial charge is 0.356 e. The summed E-state index contributed by atoms with van der Waals surface area (Å²) in [4.78, 5) is 15.4. The van der Waals surface area contributed by atoms with Gasteiger partial charge < -0.3 is 10.4 Å². The molecule has 5 nitrogen and oxygen atoms in total. The molecule has 2 aromatic rings. The number of anilines is 1. The van der Waals surface area contributed by atoms with Gasteiger partial charge in [-0.2, -0.15) is 0 Å². The van der Waals surface area contributed by atoms with E-state index in [0.717, 1.165) is 0 Å². The fourth-order valence-electron chi connectivity index (χ4n) is 1.57. The number of pyridine rings is 1. The van der Waals surface area contributed by atoms with E-state index in [4.69, 9.17) is 5.11 Å². The van der Waals surface area contributed by atoms with Gasteiger partial charge in [0, 0.05) is 12.2 Å². The first kappa shape index (κ1) is 10.5. The Hall–Kier alpha value is -2.04. The predicted octanol–water partition coefficient (Wildman–Crippen LogP) is 1.85. The molecule has 0 saturated carbocycles. The zero-order chi connectivity index (χ0) is 11.7. The lowest BCUT2D eigenvalue weighted by Gasteiger charge is -2.07. The Bertz CT molecular complexity index is 531. The highest BCUT2D eigenvalue weighted by atomic mass is 16.4. The Balaban J connectivity index is 2.63. The third kappa shape index (κ3) is 1.71. The normalized spacial score (nSPS) is 10.9. The van der Waals surface area contributed by atoms with Gasteiger partial charge in [-0.1, -0.05) is 6.07 Å². The number of hydrogen-bond donors (Lipinski definition) is 2. The van der Waals surface area contributed by atoms with Crippen LogP contribution in [-0.2, 0) is 0 Å². The first-order valence-corrected chi connectivity index (χ1v) is 5.06. The Morgan fingerprint density at radius 3 is 2.88 bits per heavy atom. The van der Waals surface area contributed by atoms with Crippen LogP contribution in [0.1, 0.15) is 24.3 Å². The average Bonchev–Trinajstić information content (AvgIpc) is 2.53. The van der Waals surface area contributed by atoms with Crippen molar-refractivity contribution in [2.75, 3.05) is 5.32 Å². The van der Waals surface area contributed by atoms with Crippen molar-refractivity contribution in [3.63, 3.8) is 0 Å². The maximum atomic E-state index is 11.2. The number of carbonyl (C=O) groups is 1. The second kappa shape index (κ2) is 3.84. The molecular weight excluding hydrogens is 206 g/mol. The number of nitrogens with zero attached hydrogens (tertiary/aromatic N) is 2. The van der Waals surface area contributed by atoms with Crippen LogP contribution < -0.4 is 5.32 Å². The zero-order valence-electron chi connectivity index (χ0n) is 9.14. The van der Waals surface area contributed by atoms with Crippen LogP contribution in [0, 0.1) is 0 Å².